The molecule has 0 saturated carbocycles. The van der Waals surface area contributed by atoms with Crippen LogP contribution >= 0.6 is 11.3 Å². The second-order valence-electron chi connectivity index (χ2n) is 7.36. The van der Waals surface area contributed by atoms with Crippen LogP contribution in [-0.2, 0) is 0 Å². The molecular weight excluding hydrogens is 332 g/mol. The van der Waals surface area contributed by atoms with Crippen molar-refractivity contribution < 1.29 is 4.79 Å². The van der Waals surface area contributed by atoms with Crippen molar-refractivity contribution in [3.8, 4) is 0 Å². The van der Waals surface area contributed by atoms with Gasteiger partial charge in [0.25, 0.3) is 5.91 Å². The zero-order chi connectivity index (χ0) is 17.4. The van der Waals surface area contributed by atoms with Gasteiger partial charge in [-0.3, -0.25) is 14.6 Å². The molecule has 1 atom stereocenters. The number of aromatic nitrogens is 1. The van der Waals surface area contributed by atoms with E-state index >= 15 is 0 Å². The first-order valence-electron chi connectivity index (χ1n) is 9.23. The topological polar surface area (TPSA) is 39.7 Å². The smallest absolute Gasteiger partial charge is 0.273 e. The predicted octanol–water partition coefficient (Wildman–Crippen LogP) is 2.54. The molecule has 0 aromatic carbocycles. The number of carbonyl (C=O) groups excluding carboxylic acids is 1. The molecule has 2 saturated heterocycles. The maximum absolute atomic E-state index is 13.0. The molecule has 6 heteroatoms. The van der Waals surface area contributed by atoms with Crippen molar-refractivity contribution in [2.24, 2.45) is 0 Å². The first-order chi connectivity index (χ1) is 12.1. The quantitative estimate of drug-likeness (QED) is 0.845. The Bertz CT molecular complexity index is 751. The SMILES string of the molecule is CC(C)N1CCN(C2CCN(C(=O)c3nccc4ccsc34)C2)CC1. The highest BCUT2D eigenvalue weighted by molar-refractivity contribution is 7.17. The molecule has 2 aromatic heterocycles. The van der Waals surface area contributed by atoms with E-state index in [-0.39, 0.29) is 5.91 Å². The van der Waals surface area contributed by atoms with Crippen molar-refractivity contribution in [2.45, 2.75) is 32.4 Å². The Labute approximate surface area is 153 Å². The molecule has 0 N–H and O–H groups in total. The number of pyridine rings is 1. The summed E-state index contributed by atoms with van der Waals surface area (Å²) in [6, 6.07) is 5.16. The van der Waals surface area contributed by atoms with Gasteiger partial charge in [0.1, 0.15) is 5.69 Å². The van der Waals surface area contributed by atoms with Crippen molar-refractivity contribution in [2.75, 3.05) is 39.3 Å². The summed E-state index contributed by atoms with van der Waals surface area (Å²) in [6.07, 6.45) is 2.83. The van der Waals surface area contributed by atoms with Gasteiger partial charge >= 0.3 is 0 Å². The summed E-state index contributed by atoms with van der Waals surface area (Å²) < 4.78 is 1.02. The first kappa shape index (κ1) is 16.9. The maximum atomic E-state index is 13.0. The summed E-state index contributed by atoms with van der Waals surface area (Å²) in [6.45, 7) is 10.7. The van der Waals surface area contributed by atoms with E-state index in [0.717, 1.165) is 55.8 Å². The van der Waals surface area contributed by atoms with Crippen LogP contribution in [0, 0.1) is 0 Å². The number of piperazine rings is 1. The zero-order valence-electron chi connectivity index (χ0n) is 15.0. The second-order valence-corrected chi connectivity index (χ2v) is 8.27. The predicted molar refractivity (Wildman–Crippen MR) is 102 cm³/mol. The molecule has 134 valence electrons. The van der Waals surface area contributed by atoms with Gasteiger partial charge in [-0.15, -0.1) is 11.3 Å². The van der Waals surface area contributed by atoms with Crippen molar-refractivity contribution in [3.63, 3.8) is 0 Å². The van der Waals surface area contributed by atoms with Gasteiger partial charge in [-0.25, -0.2) is 4.98 Å². The van der Waals surface area contributed by atoms with Gasteiger partial charge in [0.2, 0.25) is 0 Å². The average Bonchev–Trinajstić information content (AvgIpc) is 3.30. The molecule has 5 nitrogen and oxygen atoms in total. The third kappa shape index (κ3) is 3.30. The van der Waals surface area contributed by atoms with Crippen molar-refractivity contribution in [1.82, 2.24) is 19.7 Å². The lowest BCUT2D eigenvalue weighted by atomic mass is 10.1. The van der Waals surface area contributed by atoms with Gasteiger partial charge in [-0.05, 0) is 43.2 Å². The minimum atomic E-state index is 0.0939. The Hall–Kier alpha value is -1.50. The number of fused-ring (bicyclic) bond motifs is 1. The molecule has 2 fully saturated rings. The molecule has 4 heterocycles. The monoisotopic (exact) mass is 358 g/mol. The molecule has 1 amide bonds. The normalized spacial score (nSPS) is 23.0. The number of hydrogen-bond donors (Lipinski definition) is 0. The molecule has 0 spiro atoms. The Morgan fingerprint density at radius 3 is 2.76 bits per heavy atom. The van der Waals surface area contributed by atoms with Gasteiger partial charge in [-0.1, -0.05) is 0 Å². The Balaban J connectivity index is 1.41. The van der Waals surface area contributed by atoms with Crippen LogP contribution in [0.4, 0.5) is 0 Å². The maximum Gasteiger partial charge on any atom is 0.273 e. The van der Waals surface area contributed by atoms with Crippen LogP contribution in [0.25, 0.3) is 10.1 Å². The second kappa shape index (κ2) is 7.02. The summed E-state index contributed by atoms with van der Waals surface area (Å²) in [7, 11) is 0. The van der Waals surface area contributed by atoms with Crippen LogP contribution in [-0.4, -0.2) is 76.9 Å². The zero-order valence-corrected chi connectivity index (χ0v) is 15.8. The molecule has 4 rings (SSSR count). The van der Waals surface area contributed by atoms with E-state index in [0.29, 0.717) is 17.8 Å². The largest absolute Gasteiger partial charge is 0.336 e. The van der Waals surface area contributed by atoms with Crippen LogP contribution in [0.1, 0.15) is 30.8 Å². The van der Waals surface area contributed by atoms with Gasteiger partial charge in [0.05, 0.1) is 4.70 Å². The molecule has 2 aliphatic rings. The number of hydrogen-bond acceptors (Lipinski definition) is 5. The highest BCUT2D eigenvalue weighted by atomic mass is 32.1. The molecular formula is C19H26N4OS. The number of likely N-dealkylation sites (tertiary alicyclic amines) is 1. The number of thiophene rings is 1. The van der Waals surface area contributed by atoms with Crippen molar-refractivity contribution >= 4 is 27.3 Å². The van der Waals surface area contributed by atoms with Crippen LogP contribution in [0.5, 0.6) is 0 Å². The van der Waals surface area contributed by atoms with Gasteiger partial charge in [-0.2, -0.15) is 0 Å². The van der Waals surface area contributed by atoms with Gasteiger partial charge < -0.3 is 4.90 Å². The van der Waals surface area contributed by atoms with E-state index in [1.165, 1.54) is 0 Å². The van der Waals surface area contributed by atoms with Crippen LogP contribution in [0.3, 0.4) is 0 Å². The molecule has 0 radical (unpaired) electrons. The highest BCUT2D eigenvalue weighted by Gasteiger charge is 2.33. The number of carbonyl (C=O) groups is 1. The molecule has 1 unspecified atom stereocenters. The molecule has 0 bridgehead atoms. The first-order valence-corrected chi connectivity index (χ1v) is 10.1. The molecule has 25 heavy (non-hydrogen) atoms. The van der Waals surface area contributed by atoms with Crippen LogP contribution in [0.2, 0.25) is 0 Å². The molecule has 2 aliphatic heterocycles. The minimum Gasteiger partial charge on any atom is -0.336 e. The lowest BCUT2D eigenvalue weighted by Crippen LogP contribution is -2.52. The fraction of sp³-hybridized carbons (Fsp3) is 0.579. The minimum absolute atomic E-state index is 0.0939. The van der Waals surface area contributed by atoms with E-state index in [1.54, 1.807) is 17.5 Å². The van der Waals surface area contributed by atoms with E-state index < -0.39 is 0 Å². The fourth-order valence-corrected chi connectivity index (χ4v) is 4.91. The highest BCUT2D eigenvalue weighted by Crippen LogP contribution is 2.26. The summed E-state index contributed by atoms with van der Waals surface area (Å²) in [5, 5.41) is 3.15. The molecule has 2 aromatic rings. The number of nitrogens with zero attached hydrogens (tertiary/aromatic N) is 4. The van der Waals surface area contributed by atoms with E-state index in [4.69, 9.17) is 0 Å². The lowest BCUT2D eigenvalue weighted by molar-refractivity contribution is 0.0697. The summed E-state index contributed by atoms with van der Waals surface area (Å²) >= 11 is 1.61. The summed E-state index contributed by atoms with van der Waals surface area (Å²) in [5.41, 5.74) is 0.623. The molecule has 0 aliphatic carbocycles. The van der Waals surface area contributed by atoms with Gasteiger partial charge in [0.15, 0.2) is 0 Å². The Morgan fingerprint density at radius 1 is 1.20 bits per heavy atom. The number of amides is 1. The van der Waals surface area contributed by atoms with E-state index in [2.05, 4.69) is 34.7 Å². The summed E-state index contributed by atoms with van der Waals surface area (Å²) in [4.78, 5) is 24.5. The third-order valence-electron chi connectivity index (χ3n) is 5.62. The summed E-state index contributed by atoms with van der Waals surface area (Å²) in [5.74, 6) is 0.0939. The fourth-order valence-electron chi connectivity index (χ4n) is 4.04. The third-order valence-corrected chi connectivity index (χ3v) is 6.55. The Kier molecular flexibility index (Phi) is 4.75. The van der Waals surface area contributed by atoms with Crippen molar-refractivity contribution in [1.29, 1.82) is 0 Å². The standard InChI is InChI=1S/C19H26N4OS/c1-14(2)21-8-10-22(11-9-21)16-4-7-23(13-16)19(24)17-18-15(3-6-20-17)5-12-25-18/h3,5-6,12,14,16H,4,7-11,13H2,1-2H3. The average molecular weight is 359 g/mol. The van der Waals surface area contributed by atoms with E-state index in [1.807, 2.05) is 16.3 Å². The van der Waals surface area contributed by atoms with E-state index in [9.17, 15) is 4.79 Å². The lowest BCUT2D eigenvalue weighted by Gasteiger charge is -2.39. The van der Waals surface area contributed by atoms with Crippen LogP contribution < -0.4 is 0 Å². The van der Waals surface area contributed by atoms with Crippen LogP contribution in [0.15, 0.2) is 23.7 Å². The number of rotatable bonds is 3. The Morgan fingerprint density at radius 2 is 2.00 bits per heavy atom. The van der Waals surface area contributed by atoms with Gasteiger partial charge in [0, 0.05) is 57.5 Å². The van der Waals surface area contributed by atoms with Crippen molar-refractivity contribution in [3.05, 3.63) is 29.4 Å².